The number of nitrogens with one attached hydrogen (secondary N) is 2. The number of anilines is 1. The SMILES string of the molecule is CC(=O)Nc1ccc(C2(C)CCC(=O)NC2=O)cn1. The van der Waals surface area contributed by atoms with Crippen molar-refractivity contribution in [3.63, 3.8) is 0 Å². The number of aromatic nitrogens is 1. The first-order valence-corrected chi connectivity index (χ1v) is 6.00. The van der Waals surface area contributed by atoms with Crippen molar-refractivity contribution in [3.8, 4) is 0 Å². The third kappa shape index (κ3) is 2.62. The minimum Gasteiger partial charge on any atom is -0.311 e. The highest BCUT2D eigenvalue weighted by molar-refractivity contribution is 6.03. The number of nitrogens with zero attached hydrogens (tertiary/aromatic N) is 1. The van der Waals surface area contributed by atoms with Crippen LogP contribution in [-0.4, -0.2) is 22.7 Å². The maximum atomic E-state index is 12.0. The van der Waals surface area contributed by atoms with Crippen LogP contribution in [0.1, 0.15) is 32.3 Å². The van der Waals surface area contributed by atoms with Gasteiger partial charge in [-0.2, -0.15) is 0 Å². The van der Waals surface area contributed by atoms with E-state index in [0.717, 1.165) is 5.56 Å². The number of pyridine rings is 1. The number of imide groups is 1. The van der Waals surface area contributed by atoms with Gasteiger partial charge in [-0.05, 0) is 25.0 Å². The third-order valence-corrected chi connectivity index (χ3v) is 3.31. The molecule has 2 N–H and O–H groups in total. The highest BCUT2D eigenvalue weighted by Crippen LogP contribution is 2.31. The number of rotatable bonds is 2. The Balaban J connectivity index is 2.23. The summed E-state index contributed by atoms with van der Waals surface area (Å²) in [4.78, 5) is 38.1. The summed E-state index contributed by atoms with van der Waals surface area (Å²) in [6, 6.07) is 3.39. The fraction of sp³-hybridized carbons (Fsp3) is 0.385. The van der Waals surface area contributed by atoms with Crippen LogP contribution >= 0.6 is 0 Å². The maximum Gasteiger partial charge on any atom is 0.236 e. The lowest BCUT2D eigenvalue weighted by Gasteiger charge is -2.31. The predicted molar refractivity (Wildman–Crippen MR) is 68.3 cm³/mol. The van der Waals surface area contributed by atoms with E-state index in [1.807, 2.05) is 0 Å². The monoisotopic (exact) mass is 261 g/mol. The zero-order valence-electron chi connectivity index (χ0n) is 10.8. The molecule has 1 aromatic rings. The number of carbonyl (C=O) groups is 3. The summed E-state index contributed by atoms with van der Waals surface area (Å²) in [5, 5.41) is 4.90. The van der Waals surface area contributed by atoms with E-state index in [1.165, 1.54) is 6.92 Å². The Morgan fingerprint density at radius 1 is 1.42 bits per heavy atom. The minimum absolute atomic E-state index is 0.201. The van der Waals surface area contributed by atoms with Crippen LogP contribution in [0.4, 0.5) is 5.82 Å². The summed E-state index contributed by atoms with van der Waals surface area (Å²) in [6.07, 6.45) is 2.33. The first-order valence-electron chi connectivity index (χ1n) is 6.00. The van der Waals surface area contributed by atoms with Crippen LogP contribution in [0.15, 0.2) is 18.3 Å². The van der Waals surface area contributed by atoms with Gasteiger partial charge in [-0.15, -0.1) is 0 Å². The normalized spacial score (nSPS) is 22.8. The Bertz CT molecular complexity index is 539. The topological polar surface area (TPSA) is 88.2 Å². The van der Waals surface area contributed by atoms with Gasteiger partial charge in [0.15, 0.2) is 0 Å². The molecule has 0 spiro atoms. The van der Waals surface area contributed by atoms with E-state index < -0.39 is 5.41 Å². The van der Waals surface area contributed by atoms with Crippen molar-refractivity contribution in [2.24, 2.45) is 0 Å². The van der Waals surface area contributed by atoms with Crippen LogP contribution < -0.4 is 10.6 Å². The lowest BCUT2D eigenvalue weighted by molar-refractivity contribution is -0.137. The van der Waals surface area contributed by atoms with Gasteiger partial charge in [0.05, 0.1) is 5.41 Å². The molecular formula is C13H15N3O3. The van der Waals surface area contributed by atoms with E-state index in [0.29, 0.717) is 18.7 Å². The van der Waals surface area contributed by atoms with Gasteiger partial charge in [-0.3, -0.25) is 19.7 Å². The Morgan fingerprint density at radius 2 is 2.16 bits per heavy atom. The second-order valence-corrected chi connectivity index (χ2v) is 4.82. The zero-order valence-corrected chi connectivity index (χ0v) is 10.8. The molecule has 3 amide bonds. The molecule has 1 aliphatic heterocycles. The van der Waals surface area contributed by atoms with Crippen molar-refractivity contribution in [2.45, 2.75) is 32.1 Å². The summed E-state index contributed by atoms with van der Waals surface area (Å²) in [7, 11) is 0. The predicted octanol–water partition coefficient (Wildman–Crippen LogP) is 0.734. The van der Waals surface area contributed by atoms with Crippen LogP contribution in [0.25, 0.3) is 0 Å². The molecule has 1 fully saturated rings. The Kier molecular flexibility index (Phi) is 3.33. The molecule has 2 rings (SSSR count). The highest BCUT2D eigenvalue weighted by atomic mass is 16.2. The smallest absolute Gasteiger partial charge is 0.236 e. The Morgan fingerprint density at radius 3 is 2.68 bits per heavy atom. The maximum absolute atomic E-state index is 12.0. The number of hydrogen-bond acceptors (Lipinski definition) is 4. The van der Waals surface area contributed by atoms with Gasteiger partial charge in [0.25, 0.3) is 0 Å². The zero-order chi connectivity index (χ0) is 14.0. The van der Waals surface area contributed by atoms with Gasteiger partial charge in [0.1, 0.15) is 5.82 Å². The van der Waals surface area contributed by atoms with E-state index in [2.05, 4.69) is 15.6 Å². The van der Waals surface area contributed by atoms with E-state index >= 15 is 0 Å². The molecule has 0 aromatic carbocycles. The summed E-state index contributed by atoms with van der Waals surface area (Å²) in [5.41, 5.74) is -0.0260. The molecule has 0 aliphatic carbocycles. The molecule has 0 bridgehead atoms. The van der Waals surface area contributed by atoms with E-state index in [-0.39, 0.29) is 17.7 Å². The second-order valence-electron chi connectivity index (χ2n) is 4.82. The van der Waals surface area contributed by atoms with Gasteiger partial charge < -0.3 is 5.32 Å². The molecule has 1 unspecified atom stereocenters. The summed E-state index contributed by atoms with van der Waals surface area (Å²) in [5.74, 6) is -0.317. The fourth-order valence-corrected chi connectivity index (χ4v) is 2.05. The quantitative estimate of drug-likeness (QED) is 0.768. The fourth-order valence-electron chi connectivity index (χ4n) is 2.05. The molecule has 0 radical (unpaired) electrons. The minimum atomic E-state index is -0.754. The average Bonchev–Trinajstić information content (AvgIpc) is 2.34. The van der Waals surface area contributed by atoms with Gasteiger partial charge >= 0.3 is 0 Å². The lowest BCUT2D eigenvalue weighted by Crippen LogP contribution is -2.49. The molecule has 0 saturated carbocycles. The van der Waals surface area contributed by atoms with Crippen LogP contribution in [0.5, 0.6) is 0 Å². The van der Waals surface area contributed by atoms with Crippen molar-refractivity contribution in [1.29, 1.82) is 0 Å². The van der Waals surface area contributed by atoms with Crippen LogP contribution in [0.2, 0.25) is 0 Å². The average molecular weight is 261 g/mol. The molecule has 2 heterocycles. The van der Waals surface area contributed by atoms with Gasteiger partial charge in [-0.1, -0.05) is 6.07 Å². The van der Waals surface area contributed by atoms with Crippen LogP contribution in [0.3, 0.4) is 0 Å². The number of carbonyl (C=O) groups excluding carboxylic acids is 3. The molecule has 1 atom stereocenters. The first-order chi connectivity index (χ1) is 8.91. The molecule has 6 nitrogen and oxygen atoms in total. The van der Waals surface area contributed by atoms with Gasteiger partial charge in [0.2, 0.25) is 17.7 Å². The standard InChI is InChI=1S/C13H15N3O3/c1-8(17)15-10-4-3-9(7-14-10)13(2)6-5-11(18)16-12(13)19/h3-4,7H,5-6H2,1-2H3,(H,14,15,17)(H,16,18,19). The van der Waals surface area contributed by atoms with Gasteiger partial charge in [-0.25, -0.2) is 4.98 Å². The molecular weight excluding hydrogens is 246 g/mol. The molecule has 1 aliphatic rings. The number of hydrogen-bond donors (Lipinski definition) is 2. The second kappa shape index (κ2) is 4.79. The van der Waals surface area contributed by atoms with Crippen molar-refractivity contribution in [2.75, 3.05) is 5.32 Å². The van der Waals surface area contributed by atoms with Crippen molar-refractivity contribution in [1.82, 2.24) is 10.3 Å². The largest absolute Gasteiger partial charge is 0.311 e. The molecule has 1 aromatic heterocycles. The van der Waals surface area contributed by atoms with Crippen LogP contribution in [-0.2, 0) is 19.8 Å². The van der Waals surface area contributed by atoms with E-state index in [4.69, 9.17) is 0 Å². The summed E-state index contributed by atoms with van der Waals surface area (Å²) in [6.45, 7) is 3.18. The lowest BCUT2D eigenvalue weighted by atomic mass is 9.76. The van der Waals surface area contributed by atoms with E-state index in [1.54, 1.807) is 25.3 Å². The van der Waals surface area contributed by atoms with Crippen molar-refractivity contribution < 1.29 is 14.4 Å². The molecule has 100 valence electrons. The Hall–Kier alpha value is -2.24. The van der Waals surface area contributed by atoms with Crippen molar-refractivity contribution in [3.05, 3.63) is 23.9 Å². The number of piperidine rings is 1. The first kappa shape index (κ1) is 13.2. The summed E-state index contributed by atoms with van der Waals surface area (Å²) < 4.78 is 0. The molecule has 1 saturated heterocycles. The van der Waals surface area contributed by atoms with Crippen LogP contribution in [0, 0.1) is 0 Å². The molecule has 6 heteroatoms. The number of amides is 3. The van der Waals surface area contributed by atoms with Crippen molar-refractivity contribution >= 4 is 23.5 Å². The third-order valence-electron chi connectivity index (χ3n) is 3.31. The van der Waals surface area contributed by atoms with Gasteiger partial charge in [0, 0.05) is 19.5 Å². The summed E-state index contributed by atoms with van der Waals surface area (Å²) >= 11 is 0. The highest BCUT2D eigenvalue weighted by Gasteiger charge is 2.40. The Labute approximate surface area is 110 Å². The molecule has 19 heavy (non-hydrogen) atoms. The van der Waals surface area contributed by atoms with E-state index in [9.17, 15) is 14.4 Å².